The van der Waals surface area contributed by atoms with Crippen molar-refractivity contribution in [2.75, 3.05) is 25.2 Å². The molecule has 0 bridgehead atoms. The highest BCUT2D eigenvalue weighted by atomic mass is 32.2. The molecule has 0 aliphatic heterocycles. The van der Waals surface area contributed by atoms with E-state index in [9.17, 15) is 8.42 Å². The van der Waals surface area contributed by atoms with Crippen LogP contribution >= 0.6 is 11.8 Å². The van der Waals surface area contributed by atoms with Crippen molar-refractivity contribution in [2.45, 2.75) is 31.4 Å². The zero-order valence-electron chi connectivity index (χ0n) is 9.40. The molecule has 0 aromatic carbocycles. The summed E-state index contributed by atoms with van der Waals surface area (Å²) in [6.45, 7) is 1.64. The summed E-state index contributed by atoms with van der Waals surface area (Å²) in [5, 5.41) is 8.00. The first-order valence-electron chi connectivity index (χ1n) is 5.13. The van der Waals surface area contributed by atoms with E-state index in [-0.39, 0.29) is 6.61 Å². The van der Waals surface area contributed by atoms with Crippen molar-refractivity contribution in [3.05, 3.63) is 0 Å². The van der Waals surface area contributed by atoms with Crippen LogP contribution in [0.15, 0.2) is 0 Å². The topological polar surface area (TPSA) is 66.4 Å². The van der Waals surface area contributed by atoms with Gasteiger partial charge < -0.3 is 5.11 Å². The van der Waals surface area contributed by atoms with Crippen LogP contribution in [-0.4, -0.2) is 43.9 Å². The summed E-state index contributed by atoms with van der Waals surface area (Å²) in [6.07, 6.45) is 5.08. The molecular weight excluding hydrogens is 234 g/mol. The number of thioether (sulfide) groups is 1. The van der Waals surface area contributed by atoms with Crippen molar-refractivity contribution >= 4 is 21.8 Å². The van der Waals surface area contributed by atoms with Gasteiger partial charge in [0.2, 0.25) is 10.0 Å². The van der Waals surface area contributed by atoms with Crippen LogP contribution in [0.4, 0.5) is 0 Å². The number of nitrogens with one attached hydrogen (secondary N) is 1. The number of hydrogen-bond acceptors (Lipinski definition) is 4. The van der Waals surface area contributed by atoms with Gasteiger partial charge >= 0.3 is 0 Å². The van der Waals surface area contributed by atoms with Crippen LogP contribution in [0.25, 0.3) is 0 Å². The number of rotatable bonds is 9. The highest BCUT2D eigenvalue weighted by molar-refractivity contribution is 7.98. The minimum atomic E-state index is -3.31. The molecule has 0 heterocycles. The maximum absolute atomic E-state index is 11.4. The van der Waals surface area contributed by atoms with Crippen molar-refractivity contribution in [3.63, 3.8) is 0 Å². The van der Waals surface area contributed by atoms with E-state index < -0.39 is 15.3 Å². The Hall–Kier alpha value is 0.220. The summed E-state index contributed by atoms with van der Waals surface area (Å²) in [5.41, 5.74) is 0. The predicted octanol–water partition coefficient (Wildman–Crippen LogP) is 0.820. The van der Waals surface area contributed by atoms with Crippen molar-refractivity contribution in [3.8, 4) is 0 Å². The molecule has 0 aliphatic rings. The van der Waals surface area contributed by atoms with Crippen molar-refractivity contribution in [1.82, 2.24) is 4.72 Å². The first kappa shape index (κ1) is 15.2. The first-order valence-corrected chi connectivity index (χ1v) is 8.07. The first-order chi connectivity index (χ1) is 7.04. The molecule has 0 saturated heterocycles. The van der Waals surface area contributed by atoms with Crippen LogP contribution < -0.4 is 4.72 Å². The summed E-state index contributed by atoms with van der Waals surface area (Å²) >= 11 is 1.80. The second-order valence-corrected chi connectivity index (χ2v) is 6.66. The van der Waals surface area contributed by atoms with Crippen LogP contribution in [0.1, 0.15) is 26.2 Å². The van der Waals surface area contributed by atoms with Crippen molar-refractivity contribution in [2.24, 2.45) is 0 Å². The second-order valence-electron chi connectivity index (χ2n) is 3.49. The van der Waals surface area contributed by atoms with Crippen LogP contribution in [0.3, 0.4) is 0 Å². The highest BCUT2D eigenvalue weighted by Crippen LogP contribution is 2.02. The summed E-state index contributed by atoms with van der Waals surface area (Å²) in [7, 11) is -3.31. The Balaban J connectivity index is 3.58. The van der Waals surface area contributed by atoms with Gasteiger partial charge in [-0.05, 0) is 31.8 Å². The summed E-state index contributed by atoms with van der Waals surface area (Å²) in [6, 6.07) is 0. The lowest BCUT2D eigenvalue weighted by molar-refractivity contribution is 0.295. The maximum atomic E-state index is 11.4. The molecule has 0 saturated carbocycles. The standard InChI is InChI=1S/C9H21NO3S2/c1-9(8-11)15(12,13)10-6-4-3-5-7-14-2/h9-11H,3-8H2,1-2H3. The van der Waals surface area contributed by atoms with Gasteiger partial charge in [0.25, 0.3) is 0 Å². The predicted molar refractivity (Wildman–Crippen MR) is 65.7 cm³/mol. The molecule has 0 aromatic rings. The SMILES string of the molecule is CSCCCCCNS(=O)(=O)C(C)CO. The smallest absolute Gasteiger partial charge is 0.216 e. The maximum Gasteiger partial charge on any atom is 0.216 e. The van der Waals surface area contributed by atoms with Gasteiger partial charge in [0, 0.05) is 6.54 Å². The number of aliphatic hydroxyl groups excluding tert-OH is 1. The molecule has 2 N–H and O–H groups in total. The summed E-state index contributed by atoms with van der Waals surface area (Å²) < 4.78 is 25.2. The summed E-state index contributed by atoms with van der Waals surface area (Å²) in [4.78, 5) is 0. The van der Waals surface area contributed by atoms with E-state index in [1.807, 2.05) is 0 Å². The normalized spacial score (nSPS) is 14.1. The number of hydrogen-bond donors (Lipinski definition) is 2. The Bertz CT molecular complexity index is 242. The van der Waals surface area contributed by atoms with Gasteiger partial charge in [-0.15, -0.1) is 0 Å². The molecule has 1 atom stereocenters. The minimum Gasteiger partial charge on any atom is -0.395 e. The van der Waals surface area contributed by atoms with E-state index in [2.05, 4.69) is 11.0 Å². The van der Waals surface area contributed by atoms with Gasteiger partial charge in [0.1, 0.15) is 0 Å². The molecular formula is C9H21NO3S2. The third-order valence-corrected chi connectivity index (χ3v) is 4.63. The fourth-order valence-corrected chi connectivity index (χ4v) is 2.41. The van der Waals surface area contributed by atoms with E-state index in [1.165, 1.54) is 6.92 Å². The monoisotopic (exact) mass is 255 g/mol. The Kier molecular flexibility index (Phi) is 8.50. The molecule has 0 fully saturated rings. The molecule has 6 heteroatoms. The van der Waals surface area contributed by atoms with E-state index in [0.29, 0.717) is 6.54 Å². The van der Waals surface area contributed by atoms with Gasteiger partial charge in [-0.25, -0.2) is 13.1 Å². The molecule has 0 aliphatic carbocycles. The van der Waals surface area contributed by atoms with Crippen LogP contribution in [-0.2, 0) is 10.0 Å². The average Bonchev–Trinajstić information content (AvgIpc) is 2.22. The number of aliphatic hydroxyl groups is 1. The fraction of sp³-hybridized carbons (Fsp3) is 1.00. The quantitative estimate of drug-likeness (QED) is 0.599. The Morgan fingerprint density at radius 1 is 1.33 bits per heavy atom. The largest absolute Gasteiger partial charge is 0.395 e. The second kappa shape index (κ2) is 8.38. The third kappa shape index (κ3) is 7.16. The molecule has 0 spiro atoms. The molecule has 0 rings (SSSR count). The van der Waals surface area contributed by atoms with E-state index in [1.54, 1.807) is 11.8 Å². The zero-order chi connectivity index (χ0) is 11.7. The van der Waals surface area contributed by atoms with Crippen LogP contribution in [0, 0.1) is 0 Å². The third-order valence-electron chi connectivity index (χ3n) is 2.12. The molecule has 4 nitrogen and oxygen atoms in total. The molecule has 0 radical (unpaired) electrons. The molecule has 15 heavy (non-hydrogen) atoms. The van der Waals surface area contributed by atoms with E-state index in [4.69, 9.17) is 5.11 Å². The van der Waals surface area contributed by atoms with Crippen molar-refractivity contribution in [1.29, 1.82) is 0 Å². The van der Waals surface area contributed by atoms with Gasteiger partial charge in [-0.2, -0.15) is 11.8 Å². The average molecular weight is 255 g/mol. The number of unbranched alkanes of at least 4 members (excludes halogenated alkanes) is 2. The fourth-order valence-electron chi connectivity index (χ4n) is 1.00. The molecule has 1 unspecified atom stereocenters. The Morgan fingerprint density at radius 2 is 2.00 bits per heavy atom. The van der Waals surface area contributed by atoms with Crippen LogP contribution in [0.2, 0.25) is 0 Å². The van der Waals surface area contributed by atoms with E-state index >= 15 is 0 Å². The summed E-state index contributed by atoms with van der Waals surface area (Å²) in [5.74, 6) is 1.12. The van der Waals surface area contributed by atoms with Gasteiger partial charge in [-0.1, -0.05) is 6.42 Å². The van der Waals surface area contributed by atoms with E-state index in [0.717, 1.165) is 25.0 Å². The number of sulfonamides is 1. The zero-order valence-corrected chi connectivity index (χ0v) is 11.0. The highest BCUT2D eigenvalue weighted by Gasteiger charge is 2.18. The lowest BCUT2D eigenvalue weighted by Gasteiger charge is -2.10. The Labute approximate surface area is 96.9 Å². The Morgan fingerprint density at radius 3 is 2.53 bits per heavy atom. The molecule has 92 valence electrons. The molecule has 0 aromatic heterocycles. The lowest BCUT2D eigenvalue weighted by atomic mass is 10.2. The minimum absolute atomic E-state index is 0.332. The van der Waals surface area contributed by atoms with Gasteiger partial charge in [0.15, 0.2) is 0 Å². The van der Waals surface area contributed by atoms with Crippen molar-refractivity contribution < 1.29 is 13.5 Å². The lowest BCUT2D eigenvalue weighted by Crippen LogP contribution is -2.35. The van der Waals surface area contributed by atoms with Crippen LogP contribution in [0.5, 0.6) is 0 Å². The molecule has 0 amide bonds. The van der Waals surface area contributed by atoms with Gasteiger partial charge in [0.05, 0.1) is 11.9 Å². The van der Waals surface area contributed by atoms with Gasteiger partial charge in [-0.3, -0.25) is 0 Å².